The highest BCUT2D eigenvalue weighted by molar-refractivity contribution is 7.98. The van der Waals surface area contributed by atoms with Gasteiger partial charge >= 0.3 is 0 Å². The molecule has 1 fully saturated rings. The first-order chi connectivity index (χ1) is 13.7. The summed E-state index contributed by atoms with van der Waals surface area (Å²) in [5, 5.41) is 11.8. The molecule has 5 heteroatoms. The molecule has 1 aliphatic rings. The number of hydrogen-bond donors (Lipinski definition) is 2. The van der Waals surface area contributed by atoms with Gasteiger partial charge in [0.15, 0.2) is 0 Å². The van der Waals surface area contributed by atoms with E-state index in [1.165, 1.54) is 27.0 Å². The zero-order valence-corrected chi connectivity index (χ0v) is 17.3. The lowest BCUT2D eigenvalue weighted by Gasteiger charge is -2.36. The highest BCUT2D eigenvalue weighted by atomic mass is 32.2. The number of rotatable bonds is 7. The highest BCUT2D eigenvalue weighted by Crippen LogP contribution is 2.27. The quantitative estimate of drug-likeness (QED) is 0.593. The van der Waals surface area contributed by atoms with Crippen molar-refractivity contribution in [2.75, 3.05) is 43.9 Å². The van der Waals surface area contributed by atoms with Crippen LogP contribution >= 0.6 is 11.8 Å². The van der Waals surface area contributed by atoms with Gasteiger partial charge in [-0.2, -0.15) is 0 Å². The highest BCUT2D eigenvalue weighted by Gasteiger charge is 2.19. The summed E-state index contributed by atoms with van der Waals surface area (Å²) in [7, 11) is 0. The van der Waals surface area contributed by atoms with E-state index in [2.05, 4.69) is 69.6 Å². The van der Waals surface area contributed by atoms with Crippen LogP contribution in [0.5, 0.6) is 0 Å². The third kappa shape index (κ3) is 4.37. The van der Waals surface area contributed by atoms with Crippen molar-refractivity contribution in [2.24, 2.45) is 0 Å². The van der Waals surface area contributed by atoms with Crippen molar-refractivity contribution in [3.05, 3.63) is 60.3 Å². The minimum absolute atomic E-state index is 0.278. The lowest BCUT2D eigenvalue weighted by molar-refractivity contribution is 0.137. The molecule has 1 atom stereocenters. The van der Waals surface area contributed by atoms with Crippen molar-refractivity contribution in [1.82, 2.24) is 9.88 Å². The first-order valence-electron chi connectivity index (χ1n) is 10.1. The Morgan fingerprint density at radius 3 is 2.68 bits per heavy atom. The van der Waals surface area contributed by atoms with Gasteiger partial charge in [0.25, 0.3) is 0 Å². The fraction of sp³-hybridized carbons (Fsp3) is 0.391. The van der Waals surface area contributed by atoms with Crippen LogP contribution in [0.25, 0.3) is 10.9 Å². The van der Waals surface area contributed by atoms with Gasteiger partial charge in [-0.15, -0.1) is 11.8 Å². The van der Waals surface area contributed by atoms with Crippen LogP contribution < -0.4 is 4.90 Å². The lowest BCUT2D eigenvalue weighted by atomic mass is 10.1. The molecule has 28 heavy (non-hydrogen) atoms. The molecule has 2 aromatic carbocycles. The standard InChI is InChI=1S/C23H29N3OS/c1-28-23-8-3-2-5-18(23)17-19(27)10-12-25-13-15-26(16-14-25)22-7-4-6-21-20(22)9-11-24-21/h2-9,11,19,24,27H,10,12-17H2,1H3. The molecule has 148 valence electrons. The topological polar surface area (TPSA) is 42.5 Å². The van der Waals surface area contributed by atoms with Crippen LogP contribution in [0.3, 0.4) is 0 Å². The number of aromatic amines is 1. The summed E-state index contributed by atoms with van der Waals surface area (Å²) in [5.41, 5.74) is 3.78. The zero-order chi connectivity index (χ0) is 19.3. The van der Waals surface area contributed by atoms with Gasteiger partial charge in [0.05, 0.1) is 6.10 Å². The van der Waals surface area contributed by atoms with E-state index < -0.39 is 0 Å². The Labute approximate surface area is 171 Å². The minimum atomic E-state index is -0.278. The van der Waals surface area contributed by atoms with Crippen LogP contribution in [0.4, 0.5) is 5.69 Å². The number of hydrogen-bond acceptors (Lipinski definition) is 4. The molecule has 2 heterocycles. The van der Waals surface area contributed by atoms with Crippen molar-refractivity contribution in [2.45, 2.75) is 23.8 Å². The molecular formula is C23H29N3OS. The van der Waals surface area contributed by atoms with Gasteiger partial charge in [-0.1, -0.05) is 24.3 Å². The predicted octanol–water partition coefficient (Wildman–Crippen LogP) is 4.01. The number of nitrogens with zero attached hydrogens (tertiary/aromatic N) is 2. The average Bonchev–Trinajstić information content (AvgIpc) is 3.22. The fourth-order valence-corrected chi connectivity index (χ4v) is 4.74. The largest absolute Gasteiger partial charge is 0.393 e. The summed E-state index contributed by atoms with van der Waals surface area (Å²) < 4.78 is 0. The Bertz CT molecular complexity index is 902. The number of aliphatic hydroxyl groups excluding tert-OH is 1. The summed E-state index contributed by atoms with van der Waals surface area (Å²) in [6.45, 7) is 5.14. The van der Waals surface area contributed by atoms with Gasteiger partial charge < -0.3 is 15.0 Å². The van der Waals surface area contributed by atoms with Gasteiger partial charge in [0.1, 0.15) is 0 Å². The van der Waals surface area contributed by atoms with Gasteiger partial charge in [0, 0.05) is 60.4 Å². The number of aliphatic hydroxyl groups is 1. The first-order valence-corrected chi connectivity index (χ1v) is 11.3. The molecule has 1 aliphatic heterocycles. The second-order valence-corrected chi connectivity index (χ2v) is 8.35. The van der Waals surface area contributed by atoms with Gasteiger partial charge in [0.2, 0.25) is 0 Å². The molecule has 0 bridgehead atoms. The molecule has 0 aliphatic carbocycles. The molecular weight excluding hydrogens is 366 g/mol. The van der Waals surface area contributed by atoms with E-state index >= 15 is 0 Å². The molecule has 1 aromatic heterocycles. The summed E-state index contributed by atoms with van der Waals surface area (Å²) >= 11 is 1.75. The van der Waals surface area contributed by atoms with Gasteiger partial charge in [-0.25, -0.2) is 0 Å². The van der Waals surface area contributed by atoms with Crippen molar-refractivity contribution in [3.8, 4) is 0 Å². The van der Waals surface area contributed by atoms with Crippen molar-refractivity contribution < 1.29 is 5.11 Å². The number of piperazine rings is 1. The minimum Gasteiger partial charge on any atom is -0.393 e. The lowest BCUT2D eigenvalue weighted by Crippen LogP contribution is -2.47. The number of anilines is 1. The third-order valence-corrected chi connectivity index (χ3v) is 6.55. The number of aromatic nitrogens is 1. The average molecular weight is 396 g/mol. The second kappa shape index (κ2) is 9.03. The summed E-state index contributed by atoms with van der Waals surface area (Å²) in [6, 6.07) is 17.0. The maximum absolute atomic E-state index is 10.5. The molecule has 3 aromatic rings. The maximum Gasteiger partial charge on any atom is 0.0593 e. The third-order valence-electron chi connectivity index (χ3n) is 5.71. The van der Waals surface area contributed by atoms with Crippen LogP contribution in [0.15, 0.2) is 59.6 Å². The molecule has 4 nitrogen and oxygen atoms in total. The summed E-state index contributed by atoms with van der Waals surface area (Å²) in [6.07, 6.45) is 5.40. The molecule has 0 radical (unpaired) electrons. The smallest absolute Gasteiger partial charge is 0.0593 e. The number of thioether (sulfide) groups is 1. The summed E-state index contributed by atoms with van der Waals surface area (Å²) in [4.78, 5) is 9.54. The van der Waals surface area contributed by atoms with E-state index in [1.807, 2.05) is 6.20 Å². The molecule has 1 unspecified atom stereocenters. The normalized spacial score (nSPS) is 16.6. The first kappa shape index (κ1) is 19.4. The Morgan fingerprint density at radius 2 is 1.86 bits per heavy atom. The number of H-pyrrole nitrogens is 1. The Kier molecular flexibility index (Phi) is 6.25. The van der Waals surface area contributed by atoms with E-state index in [0.29, 0.717) is 0 Å². The SMILES string of the molecule is CSc1ccccc1CC(O)CCN1CCN(c2cccc3[nH]ccc23)CC1. The molecule has 0 amide bonds. The number of benzene rings is 2. The molecule has 2 N–H and O–H groups in total. The number of fused-ring (bicyclic) bond motifs is 1. The molecule has 0 saturated carbocycles. The van der Waals surface area contributed by atoms with Crippen molar-refractivity contribution >= 4 is 28.4 Å². The van der Waals surface area contributed by atoms with Crippen LogP contribution in [0.2, 0.25) is 0 Å². The monoisotopic (exact) mass is 395 g/mol. The van der Waals surface area contributed by atoms with Crippen LogP contribution in [0, 0.1) is 0 Å². The van der Waals surface area contributed by atoms with Crippen molar-refractivity contribution in [1.29, 1.82) is 0 Å². The van der Waals surface area contributed by atoms with E-state index in [1.54, 1.807) is 11.8 Å². The second-order valence-electron chi connectivity index (χ2n) is 7.50. The van der Waals surface area contributed by atoms with Crippen LogP contribution in [-0.2, 0) is 6.42 Å². The predicted molar refractivity (Wildman–Crippen MR) is 120 cm³/mol. The van der Waals surface area contributed by atoms with Gasteiger partial charge in [-0.05, 0) is 48.9 Å². The Balaban J connectivity index is 1.27. The zero-order valence-electron chi connectivity index (χ0n) is 16.5. The fourth-order valence-electron chi connectivity index (χ4n) is 4.12. The van der Waals surface area contributed by atoms with E-state index in [9.17, 15) is 5.11 Å². The van der Waals surface area contributed by atoms with Crippen LogP contribution in [-0.4, -0.2) is 60.1 Å². The summed E-state index contributed by atoms with van der Waals surface area (Å²) in [5.74, 6) is 0. The van der Waals surface area contributed by atoms with E-state index in [-0.39, 0.29) is 6.10 Å². The van der Waals surface area contributed by atoms with Crippen LogP contribution in [0.1, 0.15) is 12.0 Å². The molecule has 1 saturated heterocycles. The van der Waals surface area contributed by atoms with Crippen molar-refractivity contribution in [3.63, 3.8) is 0 Å². The molecule has 4 rings (SSSR count). The van der Waals surface area contributed by atoms with E-state index in [0.717, 1.165) is 45.6 Å². The van der Waals surface area contributed by atoms with Gasteiger partial charge in [-0.3, -0.25) is 4.90 Å². The molecule has 0 spiro atoms. The Hall–Kier alpha value is -1.95. The number of nitrogens with one attached hydrogen (secondary N) is 1. The van der Waals surface area contributed by atoms with E-state index in [4.69, 9.17) is 0 Å². The Morgan fingerprint density at radius 1 is 1.04 bits per heavy atom. The maximum atomic E-state index is 10.5.